The van der Waals surface area contributed by atoms with E-state index in [1.165, 1.54) is 0 Å². The van der Waals surface area contributed by atoms with E-state index < -0.39 is 159 Å². The molecule has 84 heavy (non-hydrogen) atoms. The maximum Gasteiger partial charge on any atom is 0.495 e. The summed E-state index contributed by atoms with van der Waals surface area (Å²) in [5, 5.41) is 0. The van der Waals surface area contributed by atoms with Gasteiger partial charge >= 0.3 is 33.4 Å². The average molecular weight is 1270 g/mol. The molecule has 0 bridgehead atoms. The molecule has 9 rings (SSSR count). The highest BCUT2D eigenvalue weighted by molar-refractivity contribution is 9.10. The lowest BCUT2D eigenvalue weighted by Gasteiger charge is -2.32. The Bertz CT molecular complexity index is 3320. The average Bonchev–Trinajstić information content (AvgIpc) is 2.03. The molecule has 0 saturated carbocycles. The monoisotopic (exact) mass is 1270 g/mol. The zero-order valence-corrected chi connectivity index (χ0v) is 48.1. The van der Waals surface area contributed by atoms with Gasteiger partial charge in [0.05, 0.1) is 33.6 Å². The first kappa shape index (κ1) is 65.8. The van der Waals surface area contributed by atoms with Gasteiger partial charge in [-0.1, -0.05) is 15.9 Å². The van der Waals surface area contributed by atoms with Crippen LogP contribution in [0.25, 0.3) is 22.3 Å². The third-order valence-corrected chi connectivity index (χ3v) is 15.4. The molecular formula is C56H50B3BrF16O8. The molecule has 3 heterocycles. The molecule has 0 unspecified atom stereocenters. The lowest BCUT2D eigenvalue weighted by atomic mass is 9.49. The largest absolute Gasteiger partial charge is 0.495 e. The minimum Gasteiger partial charge on any atom is -0.429 e. The Morgan fingerprint density at radius 3 is 0.917 bits per heavy atom. The van der Waals surface area contributed by atoms with E-state index >= 15 is 0 Å². The molecule has 3 aliphatic rings. The number of rotatable bonds is 10. The molecule has 0 amide bonds. The second-order valence-corrected chi connectivity index (χ2v) is 23.4. The van der Waals surface area contributed by atoms with Crippen LogP contribution in [0.1, 0.15) is 94.2 Å². The standard InChI is InChI=1S/C25H19BF8O3.C19H7BrF8O.C12H24B2O4/c1-23(2)24(3,4)37-26(36-23)13-9-17(28)21(18(29)10-13)25(33,34)35-14-5-6-15(16(27)11-14)12-7-19(30)22(32)20(31)8-12;20-9-5-13(22)17(14(23)6-9)19(27,28)29-10-1-2-11(12(21)7-10)8-3-15(24)18(26)16(25)4-8;1-9(2)10(3,4)16-13(15-9)14-17-11(5,6)12(7,8)18-14/h5-11H,1-4H3;1-7H;1-8H3. The van der Waals surface area contributed by atoms with E-state index in [1.807, 2.05) is 55.4 Å². The van der Waals surface area contributed by atoms with Crippen LogP contribution in [0.5, 0.6) is 11.5 Å². The number of benzene rings is 6. The summed E-state index contributed by atoms with van der Waals surface area (Å²) >= 11 is 2.74. The fraction of sp³-hybridized carbons (Fsp3) is 0.357. The van der Waals surface area contributed by atoms with E-state index in [1.54, 1.807) is 27.7 Å². The molecule has 0 radical (unpaired) electrons. The molecule has 3 fully saturated rings. The third-order valence-electron chi connectivity index (χ3n) is 14.9. The molecule has 0 spiro atoms. The van der Waals surface area contributed by atoms with Crippen LogP contribution in [0.2, 0.25) is 0 Å². The van der Waals surface area contributed by atoms with Gasteiger partial charge in [0, 0.05) is 27.7 Å². The molecule has 0 aromatic heterocycles. The highest BCUT2D eigenvalue weighted by Gasteiger charge is 2.64. The molecule has 6 aromatic carbocycles. The van der Waals surface area contributed by atoms with Gasteiger partial charge in [0.1, 0.15) is 57.5 Å². The SMILES string of the molecule is CC1(C)OB(B2OC(C)(C)C(C)(C)O2)OC1(C)C.CC1(C)OB(c2cc(F)c(C(F)(F)Oc3ccc(-c4cc(F)c(F)c(F)c4)c(F)c3)c(F)c2)OC1(C)C.Fc1cc(OC(F)(F)c2c(F)cc(Br)cc2F)ccc1-c1cc(F)c(F)c(F)c1. The van der Waals surface area contributed by atoms with Crippen molar-refractivity contribution in [2.24, 2.45) is 0 Å². The lowest BCUT2D eigenvalue weighted by Crippen LogP contribution is -2.41. The first-order valence-electron chi connectivity index (χ1n) is 25.1. The van der Waals surface area contributed by atoms with Gasteiger partial charge in [0.25, 0.3) is 0 Å². The smallest absolute Gasteiger partial charge is 0.429 e. The number of hydrogen-bond acceptors (Lipinski definition) is 8. The van der Waals surface area contributed by atoms with Crippen molar-refractivity contribution in [3.8, 4) is 33.8 Å². The van der Waals surface area contributed by atoms with Crippen LogP contribution in [0.3, 0.4) is 0 Å². The van der Waals surface area contributed by atoms with Crippen molar-refractivity contribution in [3.63, 3.8) is 0 Å². The van der Waals surface area contributed by atoms with Gasteiger partial charge in [0.2, 0.25) is 0 Å². The Morgan fingerprint density at radius 2 is 0.631 bits per heavy atom. The number of hydrogen-bond donors (Lipinski definition) is 0. The van der Waals surface area contributed by atoms with Crippen LogP contribution in [0, 0.1) is 69.8 Å². The maximum absolute atomic E-state index is 14.8. The maximum atomic E-state index is 14.8. The molecule has 450 valence electrons. The summed E-state index contributed by atoms with van der Waals surface area (Å²) in [6.45, 7) is 23.0. The molecule has 0 atom stereocenters. The number of halogens is 17. The molecule has 0 aliphatic carbocycles. The van der Waals surface area contributed by atoms with Crippen molar-refractivity contribution >= 4 is 42.5 Å². The first-order chi connectivity index (χ1) is 38.4. The van der Waals surface area contributed by atoms with Gasteiger partial charge in [0.15, 0.2) is 34.9 Å². The second kappa shape index (κ2) is 23.2. The number of alkyl halides is 4. The Kier molecular flexibility index (Phi) is 18.1. The Hall–Kier alpha value is -5.77. The topological polar surface area (TPSA) is 73.8 Å². The molecule has 8 nitrogen and oxygen atoms in total. The van der Waals surface area contributed by atoms with Crippen LogP contribution in [-0.2, 0) is 40.1 Å². The Balaban J connectivity index is 0.000000192. The van der Waals surface area contributed by atoms with Crippen LogP contribution < -0.4 is 14.9 Å². The minimum atomic E-state index is -4.59. The van der Waals surface area contributed by atoms with Crippen molar-refractivity contribution < 1.29 is 108 Å². The van der Waals surface area contributed by atoms with Gasteiger partial charge in [-0.2, -0.15) is 17.6 Å². The fourth-order valence-corrected chi connectivity index (χ4v) is 8.61. The van der Waals surface area contributed by atoms with E-state index in [9.17, 15) is 70.2 Å². The van der Waals surface area contributed by atoms with E-state index in [0.29, 0.717) is 60.7 Å². The summed E-state index contributed by atoms with van der Waals surface area (Å²) < 4.78 is 267. The van der Waals surface area contributed by atoms with Crippen molar-refractivity contribution in [1.82, 2.24) is 0 Å². The van der Waals surface area contributed by atoms with Gasteiger partial charge in [-0.25, -0.2) is 52.7 Å². The molecule has 3 saturated heterocycles. The fourth-order valence-electron chi connectivity index (χ4n) is 8.21. The van der Waals surface area contributed by atoms with Gasteiger partial charge in [-0.05, 0) is 172 Å². The summed E-state index contributed by atoms with van der Waals surface area (Å²) in [7, 11) is -2.17. The number of ether oxygens (including phenoxy) is 2. The highest BCUT2D eigenvalue weighted by atomic mass is 79.9. The van der Waals surface area contributed by atoms with E-state index in [4.69, 9.17) is 27.9 Å². The van der Waals surface area contributed by atoms with Crippen LogP contribution in [0.4, 0.5) is 70.2 Å². The van der Waals surface area contributed by atoms with Gasteiger partial charge in [-0.3, -0.25) is 0 Å². The molecular weight excluding hydrogens is 1220 g/mol. The zero-order chi connectivity index (χ0) is 63.0. The summed E-state index contributed by atoms with van der Waals surface area (Å²) in [6.07, 6.45) is -9.10. The highest BCUT2D eigenvalue weighted by Crippen LogP contribution is 2.45. The summed E-state index contributed by atoms with van der Waals surface area (Å²) in [4.78, 5) is 0. The Morgan fingerprint density at radius 1 is 0.357 bits per heavy atom. The van der Waals surface area contributed by atoms with Crippen LogP contribution >= 0.6 is 15.9 Å². The van der Waals surface area contributed by atoms with Gasteiger partial charge in [-0.15, -0.1) is 0 Å². The molecule has 6 aromatic rings. The normalized spacial score (nSPS) is 18.3. The Labute approximate surface area is 481 Å². The molecule has 3 aliphatic heterocycles. The minimum absolute atomic E-state index is 0.124. The summed E-state index contributed by atoms with van der Waals surface area (Å²) in [5.74, 6) is -20.6. The molecule has 0 N–H and O–H groups in total. The van der Waals surface area contributed by atoms with Crippen LogP contribution in [-0.4, -0.2) is 54.7 Å². The zero-order valence-electron chi connectivity index (χ0n) is 46.5. The second-order valence-electron chi connectivity index (χ2n) is 22.5. The van der Waals surface area contributed by atoms with Crippen molar-refractivity contribution in [1.29, 1.82) is 0 Å². The first-order valence-corrected chi connectivity index (χ1v) is 25.9. The quantitative estimate of drug-likeness (QED) is 0.0763. The van der Waals surface area contributed by atoms with Crippen molar-refractivity contribution in [2.75, 3.05) is 0 Å². The van der Waals surface area contributed by atoms with Crippen LogP contribution in [0.15, 0.2) is 89.4 Å². The predicted molar refractivity (Wildman–Crippen MR) is 281 cm³/mol. The van der Waals surface area contributed by atoms with Crippen molar-refractivity contribution in [2.45, 2.75) is 129 Å². The molecule has 28 heteroatoms. The van der Waals surface area contributed by atoms with E-state index in [2.05, 4.69) is 25.4 Å². The summed E-state index contributed by atoms with van der Waals surface area (Å²) in [5.41, 5.74) is -8.46. The summed E-state index contributed by atoms with van der Waals surface area (Å²) in [6, 6.07) is 8.59. The van der Waals surface area contributed by atoms with Crippen molar-refractivity contribution in [3.05, 3.63) is 170 Å². The predicted octanol–water partition coefficient (Wildman–Crippen LogP) is 15.9. The van der Waals surface area contributed by atoms with E-state index in [0.717, 1.165) is 24.3 Å². The lowest BCUT2D eigenvalue weighted by molar-refractivity contribution is -0.190. The van der Waals surface area contributed by atoms with E-state index in [-0.39, 0.29) is 32.3 Å². The van der Waals surface area contributed by atoms with Gasteiger partial charge < -0.3 is 37.4 Å². The third kappa shape index (κ3) is 13.4.